The lowest BCUT2D eigenvalue weighted by Gasteiger charge is -2.36. The molecular weight excluding hydrogens is 404 g/mol. The molecule has 2 aromatic heterocycles. The Labute approximate surface area is 188 Å². The van der Waals surface area contributed by atoms with Gasteiger partial charge in [-0.3, -0.25) is 9.59 Å². The predicted octanol–water partition coefficient (Wildman–Crippen LogP) is 2.47. The van der Waals surface area contributed by atoms with Crippen molar-refractivity contribution in [3.05, 3.63) is 47.7 Å². The number of fused-ring (bicyclic) bond motifs is 1. The maximum absolute atomic E-state index is 13.2. The van der Waals surface area contributed by atoms with Crippen LogP contribution in [-0.2, 0) is 16.8 Å². The van der Waals surface area contributed by atoms with Crippen LogP contribution in [-0.4, -0.2) is 62.7 Å². The van der Waals surface area contributed by atoms with Crippen LogP contribution in [0.4, 0.5) is 5.82 Å². The van der Waals surface area contributed by atoms with Gasteiger partial charge in [0.1, 0.15) is 12.1 Å². The molecule has 8 nitrogen and oxygen atoms in total. The van der Waals surface area contributed by atoms with Crippen LogP contribution in [0.3, 0.4) is 0 Å². The van der Waals surface area contributed by atoms with E-state index in [2.05, 4.69) is 34.1 Å². The third-order valence-electron chi connectivity index (χ3n) is 7.47. The van der Waals surface area contributed by atoms with E-state index in [1.807, 2.05) is 35.3 Å². The zero-order valence-electron chi connectivity index (χ0n) is 18.9. The van der Waals surface area contributed by atoms with E-state index in [1.165, 1.54) is 6.33 Å². The highest BCUT2D eigenvalue weighted by molar-refractivity contribution is 5.94. The molecule has 1 saturated carbocycles. The molecule has 0 bridgehead atoms. The van der Waals surface area contributed by atoms with Gasteiger partial charge in [0.25, 0.3) is 5.91 Å². The summed E-state index contributed by atoms with van der Waals surface area (Å²) in [6, 6.07) is 2.06. The predicted molar refractivity (Wildman–Crippen MR) is 120 cm³/mol. The van der Waals surface area contributed by atoms with Gasteiger partial charge in [-0.05, 0) is 50.2 Å². The van der Waals surface area contributed by atoms with Gasteiger partial charge in [0.05, 0.1) is 17.1 Å². The van der Waals surface area contributed by atoms with Gasteiger partial charge >= 0.3 is 0 Å². The minimum absolute atomic E-state index is 0.00627. The van der Waals surface area contributed by atoms with E-state index in [0.717, 1.165) is 42.6 Å². The molecule has 2 unspecified atom stereocenters. The first kappa shape index (κ1) is 20.8. The summed E-state index contributed by atoms with van der Waals surface area (Å²) in [5, 5.41) is 3.52. The normalized spacial score (nSPS) is 28.6. The van der Waals surface area contributed by atoms with E-state index >= 15 is 0 Å². The van der Waals surface area contributed by atoms with Gasteiger partial charge in [-0.15, -0.1) is 0 Å². The second-order valence-corrected chi connectivity index (χ2v) is 9.78. The summed E-state index contributed by atoms with van der Waals surface area (Å²) >= 11 is 0. The molecule has 32 heavy (non-hydrogen) atoms. The summed E-state index contributed by atoms with van der Waals surface area (Å²) in [4.78, 5) is 42.3. The number of likely N-dealkylation sites (N-methyl/N-ethyl adjacent to an activating group) is 1. The highest BCUT2D eigenvalue weighted by atomic mass is 16.2. The first-order valence-corrected chi connectivity index (χ1v) is 11.4. The van der Waals surface area contributed by atoms with E-state index in [9.17, 15) is 9.59 Å². The van der Waals surface area contributed by atoms with E-state index < -0.39 is 0 Å². The Morgan fingerprint density at radius 1 is 1.25 bits per heavy atom. The van der Waals surface area contributed by atoms with E-state index in [1.54, 1.807) is 6.20 Å². The number of anilines is 1. The Bertz CT molecular complexity index is 1040. The van der Waals surface area contributed by atoms with Crippen molar-refractivity contribution in [3.63, 3.8) is 0 Å². The van der Waals surface area contributed by atoms with Crippen LogP contribution in [0.15, 0.2) is 31.0 Å². The number of aryl methyl sites for hydroxylation is 1. The van der Waals surface area contributed by atoms with Crippen LogP contribution in [0, 0.1) is 11.8 Å². The molecule has 0 spiro atoms. The molecule has 168 valence electrons. The van der Waals surface area contributed by atoms with Gasteiger partial charge in [0.15, 0.2) is 0 Å². The summed E-state index contributed by atoms with van der Waals surface area (Å²) in [6.45, 7) is 5.50. The van der Waals surface area contributed by atoms with Crippen LogP contribution in [0.5, 0.6) is 0 Å². The molecule has 8 heteroatoms. The lowest BCUT2D eigenvalue weighted by atomic mass is 9.84. The highest BCUT2D eigenvalue weighted by Crippen LogP contribution is 2.40. The summed E-state index contributed by atoms with van der Waals surface area (Å²) in [7, 11) is 1.88. The zero-order valence-corrected chi connectivity index (χ0v) is 18.9. The first-order chi connectivity index (χ1) is 15.4. The van der Waals surface area contributed by atoms with Crippen molar-refractivity contribution in [3.8, 4) is 0 Å². The van der Waals surface area contributed by atoms with Gasteiger partial charge in [0, 0.05) is 50.2 Å². The largest absolute Gasteiger partial charge is 0.360 e. The quantitative estimate of drug-likeness (QED) is 0.795. The van der Waals surface area contributed by atoms with Gasteiger partial charge in [-0.25, -0.2) is 15.0 Å². The maximum Gasteiger partial charge on any atom is 0.255 e. The number of pyridine rings is 1. The highest BCUT2D eigenvalue weighted by Gasteiger charge is 2.43. The second-order valence-electron chi connectivity index (χ2n) is 9.78. The lowest BCUT2D eigenvalue weighted by Crippen LogP contribution is -2.41. The Kier molecular flexibility index (Phi) is 5.10. The Morgan fingerprint density at radius 3 is 2.72 bits per heavy atom. The number of likely N-dealkylation sites (tertiary alicyclic amines) is 1. The van der Waals surface area contributed by atoms with Crippen molar-refractivity contribution in [2.75, 3.05) is 25.5 Å². The third-order valence-corrected chi connectivity index (χ3v) is 7.47. The van der Waals surface area contributed by atoms with Crippen molar-refractivity contribution in [2.45, 2.75) is 51.1 Å². The lowest BCUT2D eigenvalue weighted by molar-refractivity contribution is -0.133. The topological polar surface area (TPSA) is 91.3 Å². The van der Waals surface area contributed by atoms with E-state index in [0.29, 0.717) is 24.6 Å². The van der Waals surface area contributed by atoms with E-state index in [4.69, 9.17) is 0 Å². The van der Waals surface area contributed by atoms with Crippen molar-refractivity contribution < 1.29 is 9.59 Å². The second kappa shape index (κ2) is 7.83. The van der Waals surface area contributed by atoms with Crippen LogP contribution in [0.25, 0.3) is 0 Å². The molecule has 2 fully saturated rings. The number of nitrogens with zero attached hydrogens (tertiary/aromatic N) is 5. The summed E-state index contributed by atoms with van der Waals surface area (Å²) < 4.78 is 0. The van der Waals surface area contributed by atoms with Gasteiger partial charge in [0.2, 0.25) is 5.91 Å². The fourth-order valence-corrected chi connectivity index (χ4v) is 4.97. The van der Waals surface area contributed by atoms with Crippen LogP contribution in [0.1, 0.15) is 54.6 Å². The minimum atomic E-state index is -0.287. The average Bonchev–Trinajstić information content (AvgIpc) is 3.34. The fourth-order valence-electron chi connectivity index (χ4n) is 4.97. The van der Waals surface area contributed by atoms with Crippen LogP contribution >= 0.6 is 0 Å². The van der Waals surface area contributed by atoms with Gasteiger partial charge < -0.3 is 15.1 Å². The van der Waals surface area contributed by atoms with Crippen molar-refractivity contribution in [1.82, 2.24) is 24.8 Å². The number of hydrogen-bond donors (Lipinski definition) is 1. The molecule has 2 aromatic rings. The molecule has 4 heterocycles. The molecule has 5 rings (SSSR count). The average molecular weight is 435 g/mol. The molecular formula is C24H30N6O2. The first-order valence-electron chi connectivity index (χ1n) is 11.4. The maximum atomic E-state index is 13.2. The van der Waals surface area contributed by atoms with E-state index in [-0.39, 0.29) is 29.3 Å². The molecule has 2 amide bonds. The molecule has 4 atom stereocenters. The third kappa shape index (κ3) is 3.72. The number of hydrogen-bond acceptors (Lipinski definition) is 6. The molecule has 3 aliphatic rings. The number of carbonyl (C=O) groups is 2. The minimum Gasteiger partial charge on any atom is -0.360 e. The number of aromatic nitrogens is 3. The molecule has 0 aromatic carbocycles. The van der Waals surface area contributed by atoms with Crippen LogP contribution < -0.4 is 5.32 Å². The van der Waals surface area contributed by atoms with Crippen molar-refractivity contribution in [1.29, 1.82) is 0 Å². The molecule has 1 N–H and O–H groups in total. The zero-order chi connectivity index (χ0) is 22.5. The number of amides is 2. The Morgan fingerprint density at radius 2 is 2.00 bits per heavy atom. The molecule has 2 aliphatic heterocycles. The number of rotatable bonds is 4. The SMILES string of the molecule is CC1CC1C(=O)N(C)[C@H]1CCN(C(=O)c2cnc3c(c2)CC[C@](C)(c2cncnc2)N3)C1. The monoisotopic (exact) mass is 434 g/mol. The Balaban J connectivity index is 1.26. The summed E-state index contributed by atoms with van der Waals surface area (Å²) in [5.74, 6) is 1.70. The Hall–Kier alpha value is -3.03. The fraction of sp³-hybridized carbons (Fsp3) is 0.542. The van der Waals surface area contributed by atoms with Crippen molar-refractivity contribution in [2.24, 2.45) is 11.8 Å². The molecule has 0 radical (unpaired) electrons. The van der Waals surface area contributed by atoms with Crippen LogP contribution in [0.2, 0.25) is 0 Å². The molecule has 1 saturated heterocycles. The molecule has 1 aliphatic carbocycles. The number of nitrogens with one attached hydrogen (secondary N) is 1. The van der Waals surface area contributed by atoms with Crippen molar-refractivity contribution >= 4 is 17.6 Å². The van der Waals surface area contributed by atoms with Gasteiger partial charge in [-0.1, -0.05) is 6.92 Å². The summed E-state index contributed by atoms with van der Waals surface area (Å²) in [6.07, 6.45) is 10.4. The standard InChI is InChI=1S/C24H30N6O2/c1-15-8-20(15)23(32)29(3)19-5-7-30(13-19)22(31)17-9-16-4-6-24(2,28-21(16)27-10-17)18-11-25-14-26-12-18/h9-12,14-15,19-20H,4-8,13H2,1-3H3,(H,27,28)/t15?,19-,20?,24+/m0/s1. The number of carbonyl (C=O) groups excluding carboxylic acids is 2. The smallest absolute Gasteiger partial charge is 0.255 e. The van der Waals surface area contributed by atoms with Gasteiger partial charge in [-0.2, -0.15) is 0 Å². The summed E-state index contributed by atoms with van der Waals surface area (Å²) in [5.41, 5.74) is 2.40.